The maximum atomic E-state index is 13.7. The van der Waals surface area contributed by atoms with Crippen LogP contribution in [0.5, 0.6) is 5.75 Å². The molecule has 1 aromatic heterocycles. The Kier molecular flexibility index (Phi) is 5.88. The van der Waals surface area contributed by atoms with Crippen molar-refractivity contribution in [1.29, 1.82) is 0 Å². The van der Waals surface area contributed by atoms with Gasteiger partial charge in [0, 0.05) is 5.56 Å². The molecule has 9 nitrogen and oxygen atoms in total. The van der Waals surface area contributed by atoms with Gasteiger partial charge < -0.3 is 15.0 Å². The molecule has 0 saturated heterocycles. The molecule has 1 aliphatic rings. The van der Waals surface area contributed by atoms with Crippen LogP contribution < -0.4 is 15.0 Å². The Morgan fingerprint density at radius 2 is 1.83 bits per heavy atom. The summed E-state index contributed by atoms with van der Waals surface area (Å²) in [5.74, 6) is 0.537. The second-order valence-electron chi connectivity index (χ2n) is 8.23. The van der Waals surface area contributed by atoms with Crippen LogP contribution in [0.4, 0.5) is 17.1 Å². The fraction of sp³-hybridized carbons (Fsp3) is 0.154. The number of aromatic nitrogens is 2. The number of carbonyl (C=O) groups is 1. The van der Waals surface area contributed by atoms with Crippen molar-refractivity contribution in [3.05, 3.63) is 112 Å². The first-order chi connectivity index (χ1) is 17.0. The van der Waals surface area contributed by atoms with Crippen molar-refractivity contribution in [3.63, 3.8) is 0 Å². The van der Waals surface area contributed by atoms with E-state index in [1.807, 2.05) is 66.7 Å². The van der Waals surface area contributed by atoms with Crippen molar-refractivity contribution in [3.8, 4) is 5.75 Å². The van der Waals surface area contributed by atoms with Gasteiger partial charge in [-0.05, 0) is 35.4 Å². The van der Waals surface area contributed by atoms with Crippen molar-refractivity contribution in [1.82, 2.24) is 9.78 Å². The monoisotopic (exact) mass is 469 g/mol. The molecule has 4 aromatic rings. The highest BCUT2D eigenvalue weighted by atomic mass is 16.6. The Morgan fingerprint density at radius 3 is 2.57 bits per heavy atom. The molecule has 3 aromatic carbocycles. The molecular formula is C26H23N5O4. The van der Waals surface area contributed by atoms with E-state index in [4.69, 9.17) is 4.74 Å². The maximum absolute atomic E-state index is 13.7. The number of para-hydroxylation sites is 2. The van der Waals surface area contributed by atoms with E-state index in [0.717, 1.165) is 28.1 Å². The van der Waals surface area contributed by atoms with Crippen LogP contribution in [0.3, 0.4) is 0 Å². The van der Waals surface area contributed by atoms with Crippen LogP contribution in [0.1, 0.15) is 22.7 Å². The molecule has 1 atom stereocenters. The minimum atomic E-state index is -0.606. The van der Waals surface area contributed by atoms with Crippen LogP contribution in [-0.4, -0.2) is 27.7 Å². The van der Waals surface area contributed by atoms with E-state index >= 15 is 0 Å². The van der Waals surface area contributed by atoms with Gasteiger partial charge in [-0.3, -0.25) is 19.6 Å². The van der Waals surface area contributed by atoms with Crippen molar-refractivity contribution >= 4 is 23.0 Å². The molecule has 35 heavy (non-hydrogen) atoms. The van der Waals surface area contributed by atoms with Gasteiger partial charge >= 0.3 is 5.69 Å². The number of carbonyl (C=O) groups excluding carboxylic acids is 1. The lowest BCUT2D eigenvalue weighted by Crippen LogP contribution is -2.41. The third-order valence-electron chi connectivity index (χ3n) is 5.99. The summed E-state index contributed by atoms with van der Waals surface area (Å²) in [5.41, 5.74) is 4.17. The smallest absolute Gasteiger partial charge is 0.307 e. The van der Waals surface area contributed by atoms with Gasteiger partial charge in [-0.15, -0.1) is 0 Å². The molecule has 0 bridgehead atoms. The molecule has 9 heteroatoms. The number of hydrogen-bond acceptors (Lipinski definition) is 6. The van der Waals surface area contributed by atoms with E-state index in [9.17, 15) is 14.9 Å². The van der Waals surface area contributed by atoms with Gasteiger partial charge in [0.25, 0.3) is 5.91 Å². The van der Waals surface area contributed by atoms with Crippen LogP contribution in [0.15, 0.2) is 85.2 Å². The van der Waals surface area contributed by atoms with Crippen molar-refractivity contribution in [2.75, 3.05) is 17.3 Å². The minimum Gasteiger partial charge on any atom is -0.496 e. The Hall–Kier alpha value is -4.66. The summed E-state index contributed by atoms with van der Waals surface area (Å²) in [6.45, 7) is 0.713. The third kappa shape index (κ3) is 4.43. The zero-order valence-corrected chi connectivity index (χ0v) is 19.0. The molecular weight excluding hydrogens is 446 g/mol. The third-order valence-corrected chi connectivity index (χ3v) is 5.99. The number of nitrogens with one attached hydrogen (secondary N) is 1. The van der Waals surface area contributed by atoms with E-state index in [1.165, 1.54) is 17.1 Å². The highest BCUT2D eigenvalue weighted by molar-refractivity contribution is 6.05. The number of amides is 1. The number of hydrogen-bond donors (Lipinski definition) is 1. The molecule has 5 rings (SSSR count). The average molecular weight is 470 g/mol. The Morgan fingerprint density at radius 1 is 1.06 bits per heavy atom. The lowest BCUT2D eigenvalue weighted by molar-refractivity contribution is -0.385. The lowest BCUT2D eigenvalue weighted by atomic mass is 9.98. The van der Waals surface area contributed by atoms with Crippen molar-refractivity contribution in [2.24, 2.45) is 0 Å². The highest BCUT2D eigenvalue weighted by Crippen LogP contribution is 2.38. The Balaban J connectivity index is 1.49. The first-order valence-corrected chi connectivity index (χ1v) is 11.1. The van der Waals surface area contributed by atoms with E-state index in [0.29, 0.717) is 12.3 Å². The minimum absolute atomic E-state index is 0.0709. The zero-order valence-electron chi connectivity index (χ0n) is 19.0. The molecule has 0 saturated carbocycles. The number of nitro groups is 1. The summed E-state index contributed by atoms with van der Waals surface area (Å²) in [6, 6.07) is 22.6. The fourth-order valence-electron chi connectivity index (χ4n) is 4.29. The second-order valence-corrected chi connectivity index (χ2v) is 8.23. The molecule has 0 spiro atoms. The number of ether oxygens (including phenoxy) is 1. The summed E-state index contributed by atoms with van der Waals surface area (Å²) >= 11 is 0. The quantitative estimate of drug-likeness (QED) is 0.315. The van der Waals surface area contributed by atoms with Gasteiger partial charge in [-0.2, -0.15) is 5.10 Å². The van der Waals surface area contributed by atoms with E-state index in [1.54, 1.807) is 18.1 Å². The summed E-state index contributed by atoms with van der Waals surface area (Å²) in [4.78, 5) is 26.1. The van der Waals surface area contributed by atoms with Crippen LogP contribution in [0.2, 0.25) is 0 Å². The van der Waals surface area contributed by atoms with Crippen LogP contribution >= 0.6 is 0 Å². The summed E-state index contributed by atoms with van der Waals surface area (Å²) in [7, 11) is 1.56. The first-order valence-electron chi connectivity index (χ1n) is 11.1. The SMILES string of the molecule is COc1ccc(C2Nc3ccccc3N(Cc3ccccc3)C2=O)cc1Cn1cc([N+](=O)[O-])cn1. The van der Waals surface area contributed by atoms with Crippen molar-refractivity contribution in [2.45, 2.75) is 19.1 Å². The number of methoxy groups -OCH3 is 1. The summed E-state index contributed by atoms with van der Waals surface area (Å²) < 4.78 is 6.99. The average Bonchev–Trinajstić information content (AvgIpc) is 3.35. The standard InChI is InChI=1S/C26H23N5O4/c1-35-24-12-11-19(13-20(24)16-29-17-21(14-27-29)31(33)34)25-26(32)30(15-18-7-3-2-4-8-18)23-10-6-5-9-22(23)28-25/h2-14,17,25,28H,15-16H2,1H3. The zero-order chi connectivity index (χ0) is 24.4. The predicted octanol–water partition coefficient (Wildman–Crippen LogP) is 4.55. The predicted molar refractivity (Wildman–Crippen MR) is 131 cm³/mol. The normalized spacial score (nSPS) is 14.8. The molecule has 0 fully saturated rings. The van der Waals surface area contributed by atoms with Crippen molar-refractivity contribution < 1.29 is 14.5 Å². The number of benzene rings is 3. The van der Waals surface area contributed by atoms with E-state index in [2.05, 4.69) is 10.4 Å². The second kappa shape index (κ2) is 9.30. The molecule has 1 amide bonds. The maximum Gasteiger partial charge on any atom is 0.307 e. The largest absolute Gasteiger partial charge is 0.496 e. The summed E-state index contributed by atoms with van der Waals surface area (Å²) in [5, 5.41) is 18.5. The van der Waals surface area contributed by atoms with E-state index in [-0.39, 0.29) is 18.1 Å². The van der Waals surface area contributed by atoms with Gasteiger partial charge in [0.2, 0.25) is 0 Å². The molecule has 1 unspecified atom stereocenters. The molecule has 1 aliphatic heterocycles. The Labute approximate surface area is 201 Å². The molecule has 0 aliphatic carbocycles. The first kappa shape index (κ1) is 22.1. The van der Waals surface area contributed by atoms with Gasteiger partial charge in [0.05, 0.1) is 36.5 Å². The molecule has 1 N–H and O–H groups in total. The number of fused-ring (bicyclic) bond motifs is 1. The van der Waals surface area contributed by atoms with Crippen LogP contribution in [-0.2, 0) is 17.9 Å². The van der Waals surface area contributed by atoms with Gasteiger partial charge in [-0.25, -0.2) is 0 Å². The lowest BCUT2D eigenvalue weighted by Gasteiger charge is -2.36. The van der Waals surface area contributed by atoms with Gasteiger partial charge in [0.15, 0.2) is 0 Å². The highest BCUT2D eigenvalue weighted by Gasteiger charge is 2.33. The van der Waals surface area contributed by atoms with Gasteiger partial charge in [0.1, 0.15) is 24.2 Å². The molecule has 176 valence electrons. The number of nitrogens with zero attached hydrogens (tertiary/aromatic N) is 4. The van der Waals surface area contributed by atoms with Crippen LogP contribution in [0, 0.1) is 10.1 Å². The summed E-state index contributed by atoms with van der Waals surface area (Å²) in [6.07, 6.45) is 2.58. The fourth-order valence-corrected chi connectivity index (χ4v) is 4.29. The number of rotatable bonds is 7. The topological polar surface area (TPSA) is 103 Å². The Bertz CT molecular complexity index is 1390. The molecule has 0 radical (unpaired) electrons. The molecule has 2 heterocycles. The number of anilines is 2. The van der Waals surface area contributed by atoms with E-state index < -0.39 is 11.0 Å². The van der Waals surface area contributed by atoms with Gasteiger partial charge in [-0.1, -0.05) is 48.5 Å². The van der Waals surface area contributed by atoms with Crippen LogP contribution in [0.25, 0.3) is 0 Å².